The van der Waals surface area contributed by atoms with Gasteiger partial charge in [-0.25, -0.2) is 4.79 Å². The van der Waals surface area contributed by atoms with E-state index in [1.165, 1.54) is 11.8 Å². The van der Waals surface area contributed by atoms with Gasteiger partial charge in [0.2, 0.25) is 5.91 Å². The van der Waals surface area contributed by atoms with E-state index in [1.54, 1.807) is 48.9 Å². The average Bonchev–Trinajstić information content (AvgIpc) is 3.19. The number of esters is 1. The Bertz CT molecular complexity index is 1180. The monoisotopic (exact) mass is 481 g/mol. The molecule has 2 aromatic carbocycles. The van der Waals surface area contributed by atoms with Crippen molar-refractivity contribution in [3.05, 3.63) is 71.0 Å². The zero-order valence-electron chi connectivity index (χ0n) is 19.5. The summed E-state index contributed by atoms with van der Waals surface area (Å²) in [5.41, 5.74) is 2.50. The molecule has 3 aromatic rings. The second-order valence-corrected chi connectivity index (χ2v) is 8.49. The lowest BCUT2D eigenvalue weighted by molar-refractivity contribution is -0.113. The highest BCUT2D eigenvalue weighted by Gasteiger charge is 2.19. The first kappa shape index (κ1) is 25.0. The summed E-state index contributed by atoms with van der Waals surface area (Å²) >= 11 is 1.24. The molecule has 1 aromatic heterocycles. The summed E-state index contributed by atoms with van der Waals surface area (Å²) < 4.78 is 6.71. The fourth-order valence-corrected chi connectivity index (χ4v) is 3.94. The van der Waals surface area contributed by atoms with Crippen LogP contribution in [0.25, 0.3) is 0 Å². The minimum atomic E-state index is -0.404. The van der Waals surface area contributed by atoms with Crippen molar-refractivity contribution in [2.24, 2.45) is 7.05 Å². The molecule has 2 amide bonds. The van der Waals surface area contributed by atoms with E-state index in [0.29, 0.717) is 34.4 Å². The molecule has 0 saturated heterocycles. The van der Waals surface area contributed by atoms with Crippen LogP contribution in [0, 0.1) is 6.92 Å². The summed E-state index contributed by atoms with van der Waals surface area (Å²) in [7, 11) is 1.79. The van der Waals surface area contributed by atoms with Gasteiger partial charge in [0.1, 0.15) is 0 Å². The molecule has 178 valence electrons. The molecule has 10 heteroatoms. The van der Waals surface area contributed by atoms with Crippen molar-refractivity contribution in [1.29, 1.82) is 0 Å². The number of carbonyl (C=O) groups excluding carboxylic acids is 3. The molecule has 0 fully saturated rings. The minimum absolute atomic E-state index is 0.121. The van der Waals surface area contributed by atoms with Crippen LogP contribution in [0.15, 0.2) is 53.7 Å². The summed E-state index contributed by atoms with van der Waals surface area (Å²) in [4.78, 5) is 36.7. The quantitative estimate of drug-likeness (QED) is 0.355. The van der Waals surface area contributed by atoms with E-state index in [2.05, 4.69) is 20.8 Å². The third-order valence-corrected chi connectivity index (χ3v) is 6.03. The Morgan fingerprint density at radius 3 is 2.47 bits per heavy atom. The fourth-order valence-electron chi connectivity index (χ4n) is 3.23. The second-order valence-electron chi connectivity index (χ2n) is 7.54. The van der Waals surface area contributed by atoms with Crippen molar-refractivity contribution in [2.45, 2.75) is 32.0 Å². The number of carbonyl (C=O) groups is 3. The highest BCUT2D eigenvalue weighted by atomic mass is 32.2. The van der Waals surface area contributed by atoms with Crippen LogP contribution < -0.4 is 10.6 Å². The summed E-state index contributed by atoms with van der Waals surface area (Å²) in [6, 6.07) is 13.5. The SMILES string of the molecule is CCOC(=O)c1ccc(NC(=O)CSc2nnc([C@H](C)NC(=O)c3ccccc3C)n2C)cc1. The maximum atomic E-state index is 12.6. The molecule has 0 aliphatic heterocycles. The smallest absolute Gasteiger partial charge is 0.338 e. The van der Waals surface area contributed by atoms with Crippen molar-refractivity contribution in [1.82, 2.24) is 20.1 Å². The van der Waals surface area contributed by atoms with Crippen LogP contribution in [0.4, 0.5) is 5.69 Å². The van der Waals surface area contributed by atoms with Crippen molar-refractivity contribution >= 4 is 35.2 Å². The van der Waals surface area contributed by atoms with Gasteiger partial charge in [-0.15, -0.1) is 10.2 Å². The number of anilines is 1. The van der Waals surface area contributed by atoms with Crippen molar-refractivity contribution in [3.63, 3.8) is 0 Å². The highest BCUT2D eigenvalue weighted by molar-refractivity contribution is 7.99. The highest BCUT2D eigenvalue weighted by Crippen LogP contribution is 2.20. The Kier molecular flexibility index (Phi) is 8.42. The van der Waals surface area contributed by atoms with Gasteiger partial charge < -0.3 is 19.9 Å². The zero-order valence-corrected chi connectivity index (χ0v) is 20.3. The number of nitrogens with one attached hydrogen (secondary N) is 2. The van der Waals surface area contributed by atoms with Crippen LogP contribution in [-0.2, 0) is 16.6 Å². The molecule has 3 rings (SSSR count). The number of aryl methyl sites for hydroxylation is 1. The van der Waals surface area contributed by atoms with Crippen LogP contribution in [0.2, 0.25) is 0 Å². The van der Waals surface area contributed by atoms with E-state index >= 15 is 0 Å². The molecule has 1 heterocycles. The molecule has 34 heavy (non-hydrogen) atoms. The minimum Gasteiger partial charge on any atom is -0.462 e. The number of rotatable bonds is 9. The van der Waals surface area contributed by atoms with E-state index in [0.717, 1.165) is 5.56 Å². The zero-order chi connectivity index (χ0) is 24.7. The fraction of sp³-hybridized carbons (Fsp3) is 0.292. The van der Waals surface area contributed by atoms with E-state index in [-0.39, 0.29) is 23.6 Å². The molecule has 0 aliphatic rings. The Hall–Kier alpha value is -3.66. The molecule has 0 spiro atoms. The lowest BCUT2D eigenvalue weighted by atomic mass is 10.1. The summed E-state index contributed by atoms with van der Waals surface area (Å²) in [6.45, 7) is 5.76. The molecule has 2 N–H and O–H groups in total. The molecular weight excluding hydrogens is 454 g/mol. The van der Waals surface area contributed by atoms with Gasteiger partial charge in [0, 0.05) is 18.3 Å². The maximum Gasteiger partial charge on any atom is 0.338 e. The predicted octanol–water partition coefficient (Wildman–Crippen LogP) is 3.52. The third kappa shape index (κ3) is 6.22. The van der Waals surface area contributed by atoms with Gasteiger partial charge in [-0.3, -0.25) is 9.59 Å². The largest absolute Gasteiger partial charge is 0.462 e. The Morgan fingerprint density at radius 1 is 1.09 bits per heavy atom. The van der Waals surface area contributed by atoms with E-state index < -0.39 is 5.97 Å². The molecule has 0 aliphatic carbocycles. The van der Waals surface area contributed by atoms with E-state index in [4.69, 9.17) is 4.74 Å². The van der Waals surface area contributed by atoms with E-state index in [9.17, 15) is 14.4 Å². The molecule has 9 nitrogen and oxygen atoms in total. The number of hydrogen-bond donors (Lipinski definition) is 2. The standard InChI is InChI=1S/C24H27N5O4S/c1-5-33-23(32)17-10-12-18(13-11-17)26-20(30)14-34-24-28-27-21(29(24)4)16(3)25-22(31)19-9-7-6-8-15(19)2/h6-13,16H,5,14H2,1-4H3,(H,25,31)(H,26,30)/t16-/m0/s1. The third-order valence-electron chi connectivity index (χ3n) is 5.01. The molecule has 1 atom stereocenters. The van der Waals surface area contributed by atoms with Crippen LogP contribution in [0.5, 0.6) is 0 Å². The average molecular weight is 482 g/mol. The first-order chi connectivity index (χ1) is 16.3. The summed E-state index contributed by atoms with van der Waals surface area (Å²) in [6.07, 6.45) is 0. The number of thioether (sulfide) groups is 1. The van der Waals surface area contributed by atoms with Gasteiger partial charge in [0.05, 0.1) is 24.0 Å². The van der Waals surface area contributed by atoms with Crippen LogP contribution in [-0.4, -0.2) is 44.9 Å². The van der Waals surface area contributed by atoms with Gasteiger partial charge in [0.15, 0.2) is 11.0 Å². The molecule has 0 unspecified atom stereocenters. The van der Waals surface area contributed by atoms with Gasteiger partial charge in [-0.2, -0.15) is 0 Å². The summed E-state index contributed by atoms with van der Waals surface area (Å²) in [5, 5.41) is 14.6. The number of ether oxygens (including phenoxy) is 1. The van der Waals surface area contributed by atoms with Crippen LogP contribution >= 0.6 is 11.8 Å². The molecular formula is C24H27N5O4S. The maximum absolute atomic E-state index is 12.6. The van der Waals surface area contributed by atoms with Crippen LogP contribution in [0.3, 0.4) is 0 Å². The summed E-state index contributed by atoms with van der Waals surface area (Å²) in [5.74, 6) is -0.108. The number of nitrogens with zero attached hydrogens (tertiary/aromatic N) is 3. The van der Waals surface area contributed by atoms with Gasteiger partial charge in [0.25, 0.3) is 5.91 Å². The van der Waals surface area contributed by atoms with Crippen molar-refractivity contribution < 1.29 is 19.1 Å². The van der Waals surface area contributed by atoms with E-state index in [1.807, 2.05) is 32.0 Å². The van der Waals surface area contributed by atoms with Crippen molar-refractivity contribution in [2.75, 3.05) is 17.7 Å². The molecule has 0 saturated carbocycles. The Morgan fingerprint density at radius 2 is 1.79 bits per heavy atom. The van der Waals surface area contributed by atoms with Gasteiger partial charge >= 0.3 is 5.97 Å². The molecule has 0 bridgehead atoms. The van der Waals surface area contributed by atoms with Gasteiger partial charge in [-0.1, -0.05) is 30.0 Å². The lowest BCUT2D eigenvalue weighted by Gasteiger charge is -2.14. The lowest BCUT2D eigenvalue weighted by Crippen LogP contribution is -2.29. The number of hydrogen-bond acceptors (Lipinski definition) is 7. The normalized spacial score (nSPS) is 11.5. The predicted molar refractivity (Wildman–Crippen MR) is 130 cm³/mol. The van der Waals surface area contributed by atoms with Crippen LogP contribution in [0.1, 0.15) is 52.0 Å². The second kappa shape index (κ2) is 11.5. The van der Waals surface area contributed by atoms with Crippen molar-refractivity contribution in [3.8, 4) is 0 Å². The topological polar surface area (TPSA) is 115 Å². The van der Waals surface area contributed by atoms with Gasteiger partial charge in [-0.05, 0) is 56.7 Å². The number of benzene rings is 2. The first-order valence-electron chi connectivity index (χ1n) is 10.8. The Labute approximate surface area is 202 Å². The number of amides is 2. The Balaban J connectivity index is 1.54. The first-order valence-corrected chi connectivity index (χ1v) is 11.7. The number of aromatic nitrogens is 3. The molecule has 0 radical (unpaired) electrons.